The van der Waals surface area contributed by atoms with Crippen LogP contribution >= 0.6 is 22.6 Å². The van der Waals surface area contributed by atoms with Crippen LogP contribution in [0, 0.1) is 0 Å². The molecular weight excluding hydrogens is 1870 g/mol. The van der Waals surface area contributed by atoms with E-state index in [0.717, 1.165) is 156 Å². The van der Waals surface area contributed by atoms with Crippen LogP contribution in [-0.2, 0) is 62.3 Å². The normalized spacial score (nSPS) is 12.8. The molecule has 0 aromatic heterocycles. The Morgan fingerprint density at radius 2 is 0.531 bits per heavy atom. The molecule has 14 rings (SSSR count). The Bertz CT molecular complexity index is 6250. The topological polar surface area (TPSA) is 352 Å². The number of phenolic OH excluding ortho intramolecular Hbond substituents is 5. The molecule has 14 aromatic rings. The van der Waals surface area contributed by atoms with Crippen molar-refractivity contribution in [1.29, 1.82) is 0 Å². The number of aromatic hydroxyl groups is 5. The Labute approximate surface area is 766 Å². The molecule has 0 saturated carbocycles. The summed E-state index contributed by atoms with van der Waals surface area (Å²) in [4.78, 5) is 31.7. The molecule has 21 nitrogen and oxygen atoms in total. The number of ether oxygens (including phenoxy) is 5. The summed E-state index contributed by atoms with van der Waals surface area (Å²) in [7, 11) is -24.2. The third-order valence-corrected chi connectivity index (χ3v) is 40.4. The minimum Gasteiger partial charge on any atom is -0.753 e. The van der Waals surface area contributed by atoms with Gasteiger partial charge in [-0.25, -0.2) is 18.0 Å². The van der Waals surface area contributed by atoms with Crippen molar-refractivity contribution in [2.75, 3.05) is 37.5 Å². The zero-order chi connectivity index (χ0) is 91.3. The van der Waals surface area contributed by atoms with Gasteiger partial charge < -0.3 is 77.6 Å². The number of benzene rings is 14. The molecule has 14 aromatic carbocycles. The number of alkyl halides is 7. The predicted molar refractivity (Wildman–Crippen MR) is 476 cm³/mol. The van der Waals surface area contributed by atoms with Crippen molar-refractivity contribution in [1.82, 2.24) is 0 Å². The van der Waals surface area contributed by atoms with Gasteiger partial charge in [0.25, 0.3) is 6.47 Å². The smallest absolute Gasteiger partial charge is 0.753 e. The molecule has 0 aliphatic carbocycles. The van der Waals surface area contributed by atoms with Gasteiger partial charge in [-0.3, -0.25) is 4.79 Å². The molecule has 7 N–H and O–H groups in total. The number of hydrogen-bond acceptors (Lipinski definition) is 19. The standard InChI is InChI=1S/C47H39F3O9S2.C28H23IO5.C19H17F3O4S2.CH2O3.Na/c48-47(49,50)61(60(54,55)56,43-7-3-1-4-8-43,44-9-5-2-6-10-44)45-25-23-41(24-26-45)57-27-28-58-46(53)32-59-42-21-15-35(16-22-42)38-30-36(33-11-17-39(51)18-12-33)29-37(31-38)34-13-19-40(52)20-14-34;29-13-14-33-28(32)18-34-27-11-5-21(6-12-27)24-16-22(19-1-7-25(30)8-2-19)15-23(17-24)20-3-9-26(31)10-4-20;20-19(21,22)28(27(24,25)26,16-7-3-1-4-8-16,17-9-5-2-6-10-17)18-13-11-15(23)12-14-18;2-1-4-3;/h1-26,29-31,51-52H,27-28,32H2,(H2,54,55,56);1-12,15-17,30-31H,13-14,18H2;1-14,23H,(H2,24,25,26);1,3H;/q;;;;+1/p-3. The maximum absolute atomic E-state index is 15.8. The van der Waals surface area contributed by atoms with E-state index in [1.54, 1.807) is 60.7 Å². The average Bonchev–Trinajstić information content (AvgIpc) is 0.657. The largest absolute Gasteiger partial charge is 1.00 e. The number of phenols is 5. The summed E-state index contributed by atoms with van der Waals surface area (Å²) in [6.45, 7) is -0.775. The maximum atomic E-state index is 15.8. The van der Waals surface area contributed by atoms with Crippen LogP contribution < -0.4 is 49.0 Å². The fourth-order valence-corrected chi connectivity index (χ4v) is 31.2. The molecule has 128 heavy (non-hydrogen) atoms. The van der Waals surface area contributed by atoms with Gasteiger partial charge in [0.2, 0.25) is 0 Å². The third-order valence-electron chi connectivity index (χ3n) is 19.8. The molecule has 2 unspecified atom stereocenters. The number of hydrogen-bond donors (Lipinski definition) is 7. The first kappa shape index (κ1) is 98.2. The van der Waals surface area contributed by atoms with E-state index >= 15 is 26.3 Å². The van der Waals surface area contributed by atoms with Crippen LogP contribution in [0.2, 0.25) is 0 Å². The number of halogens is 7. The molecule has 2 atom stereocenters. The second-order valence-corrected chi connectivity index (χ2v) is 44.3. The van der Waals surface area contributed by atoms with Crippen LogP contribution in [0.4, 0.5) is 26.3 Å². The van der Waals surface area contributed by atoms with Gasteiger partial charge in [-0.15, -0.1) is 0 Å². The molecule has 0 heterocycles. The van der Waals surface area contributed by atoms with Gasteiger partial charge in [-0.2, -0.15) is 26.3 Å². The number of esters is 2. The van der Waals surface area contributed by atoms with Crippen molar-refractivity contribution >= 4 is 74.6 Å². The number of carbonyl (C=O) groups excluding carboxylic acids is 3. The van der Waals surface area contributed by atoms with Crippen molar-refractivity contribution < 1.29 is 156 Å². The Kier molecular flexibility index (Phi) is 32.8. The van der Waals surface area contributed by atoms with E-state index in [0.29, 0.717) is 18.1 Å². The molecule has 0 aliphatic heterocycles. The minimum absolute atomic E-state index is 0. The van der Waals surface area contributed by atoms with Crippen LogP contribution in [0.25, 0.3) is 66.8 Å². The first-order valence-electron chi connectivity index (χ1n) is 37.9. The van der Waals surface area contributed by atoms with E-state index in [1.807, 2.05) is 103 Å². The van der Waals surface area contributed by atoms with Crippen LogP contribution in [0.3, 0.4) is 0 Å². The fourth-order valence-electron chi connectivity index (χ4n) is 14.0. The van der Waals surface area contributed by atoms with Crippen molar-refractivity contribution in [3.63, 3.8) is 0 Å². The molecule has 0 aliphatic rings. The summed E-state index contributed by atoms with van der Waals surface area (Å²) in [5.41, 5.74) is 0.378. The van der Waals surface area contributed by atoms with E-state index in [9.17, 15) is 61.8 Å². The Morgan fingerprint density at radius 1 is 0.328 bits per heavy atom. The molecule has 660 valence electrons. The molecule has 0 saturated heterocycles. The molecule has 0 amide bonds. The summed E-state index contributed by atoms with van der Waals surface area (Å²) in [6.07, 6.45) is 0. The first-order chi connectivity index (χ1) is 60.7. The van der Waals surface area contributed by atoms with E-state index in [2.05, 4.69) is 45.7 Å². The summed E-state index contributed by atoms with van der Waals surface area (Å²) in [5.74, 6) is 0.352. The summed E-state index contributed by atoms with van der Waals surface area (Å²) in [5, 5.41) is 57.0. The molecular formula is C95H78F6INaO21S4-2. The second-order valence-electron chi connectivity index (χ2n) is 27.4. The Balaban J connectivity index is 0.000000214. The molecule has 0 radical (unpaired) electrons. The van der Waals surface area contributed by atoms with Gasteiger partial charge >= 0.3 is 52.5 Å². The van der Waals surface area contributed by atoms with Crippen LogP contribution in [0.5, 0.6) is 46.0 Å². The number of rotatable bonds is 25. The SMILES string of the molecule is O=C(COc1ccc(-c2cc(-c3ccc(O)cc3)cc(-c3ccc(O)cc3)c2)cc1)OCCI.O=C(COc1ccc(-c2cc(-c3ccc(O)cc3)cc(-c3ccc(O)cc3)c2)cc1)OCCOc1ccc(S(c2ccccc2)(c2ccccc2)(C(F)(F)F)=S(=O)([O-])O)cc1.O=CO[O-].O=S([O-])(O)=S(c1ccccc1)(c1ccccc1)(c1ccc(O)cc1)C(F)(F)F.[Na+]. The first-order valence-corrected chi connectivity index (χ1v) is 47.4. The monoisotopic (exact) mass is 1950 g/mol. The van der Waals surface area contributed by atoms with Gasteiger partial charge in [0.05, 0.1) is 0 Å². The van der Waals surface area contributed by atoms with E-state index < -0.39 is 86.5 Å². The fraction of sp³-hybridized carbons (Fsp3) is 0.0842. The van der Waals surface area contributed by atoms with Crippen molar-refractivity contribution in [2.24, 2.45) is 0 Å². The summed E-state index contributed by atoms with van der Waals surface area (Å²) < 4.78 is 195. The summed E-state index contributed by atoms with van der Waals surface area (Å²) >= 11 is 2.14. The Morgan fingerprint density at radius 3 is 0.758 bits per heavy atom. The zero-order valence-electron chi connectivity index (χ0n) is 67.4. The van der Waals surface area contributed by atoms with Gasteiger partial charge in [0, 0.05) is 51.9 Å². The van der Waals surface area contributed by atoms with Gasteiger partial charge in [0.1, 0.15) is 65.8 Å². The molecule has 0 fully saturated rings. The van der Waals surface area contributed by atoms with Crippen LogP contribution in [-0.4, -0.2) is 119 Å². The van der Waals surface area contributed by atoms with Crippen molar-refractivity contribution in [3.05, 3.63) is 352 Å². The average molecular weight is 1950 g/mol. The van der Waals surface area contributed by atoms with Crippen LogP contribution in [0.1, 0.15) is 0 Å². The maximum Gasteiger partial charge on any atom is 1.00 e. The zero-order valence-corrected chi connectivity index (χ0v) is 74.9. The van der Waals surface area contributed by atoms with Crippen LogP contribution in [0.15, 0.2) is 381 Å². The van der Waals surface area contributed by atoms with Gasteiger partial charge in [0.15, 0.2) is 13.2 Å². The van der Waals surface area contributed by atoms with Gasteiger partial charge in [-0.05, 0) is 288 Å². The Hall–Kier alpha value is -12.0. The van der Waals surface area contributed by atoms with E-state index in [1.165, 1.54) is 84.9 Å². The van der Waals surface area contributed by atoms with E-state index in [4.69, 9.17) is 33.7 Å². The second kappa shape index (κ2) is 42.7. The van der Waals surface area contributed by atoms with Gasteiger partial charge in [-0.1, -0.05) is 168 Å². The molecule has 33 heteroatoms. The number of carbonyl (C=O) groups is 3. The van der Waals surface area contributed by atoms with Crippen molar-refractivity contribution in [3.8, 4) is 113 Å². The quantitative estimate of drug-likeness (QED) is 0.00322. The van der Waals surface area contributed by atoms with E-state index in [-0.39, 0.29) is 96.3 Å². The summed E-state index contributed by atoms with van der Waals surface area (Å²) in [6, 6.07) is 87.3. The predicted octanol–water partition coefficient (Wildman–Crippen LogP) is 17.4. The minimum atomic E-state index is -6.33. The van der Waals surface area contributed by atoms with Crippen molar-refractivity contribution in [2.45, 2.75) is 40.4 Å². The molecule has 0 bridgehead atoms. The molecule has 0 spiro atoms. The third kappa shape index (κ3) is 20.6.